The van der Waals surface area contributed by atoms with Gasteiger partial charge in [0.05, 0.1) is 0 Å². The van der Waals surface area contributed by atoms with E-state index in [4.69, 9.17) is 0 Å². The predicted molar refractivity (Wildman–Crippen MR) is 89.7 cm³/mol. The van der Waals surface area contributed by atoms with Crippen LogP contribution in [0.2, 0.25) is 0 Å². The number of nitrogens with zero attached hydrogens (tertiary/aromatic N) is 1. The molecule has 0 aromatic rings. The molecule has 0 spiro atoms. The second-order valence-corrected chi connectivity index (χ2v) is 6.67. The second kappa shape index (κ2) is 10.2. The third-order valence-corrected chi connectivity index (χ3v) is 4.19. The van der Waals surface area contributed by atoms with Gasteiger partial charge in [-0.2, -0.15) is 0 Å². The molecule has 4 heteroatoms. The number of carboxylic acids is 1. The van der Waals surface area contributed by atoms with Crippen molar-refractivity contribution in [3.05, 3.63) is 0 Å². The van der Waals surface area contributed by atoms with E-state index in [0.717, 1.165) is 38.9 Å². The van der Waals surface area contributed by atoms with Crippen LogP contribution in [-0.4, -0.2) is 47.2 Å². The number of aliphatic carboxylic acids is 1. The fraction of sp³-hybridized carbons (Fsp3) is 0.941. The van der Waals surface area contributed by atoms with Gasteiger partial charge in [0.25, 0.3) is 0 Å². The van der Waals surface area contributed by atoms with E-state index >= 15 is 0 Å². The van der Waals surface area contributed by atoms with Crippen LogP contribution < -0.4 is 5.32 Å². The van der Waals surface area contributed by atoms with Crippen LogP contribution in [-0.2, 0) is 4.79 Å². The highest BCUT2D eigenvalue weighted by atomic mass is 16.4. The first-order chi connectivity index (χ1) is 9.80. The summed E-state index contributed by atoms with van der Waals surface area (Å²) in [5, 5.41) is 12.7. The maximum atomic E-state index is 11.6. The lowest BCUT2D eigenvalue weighted by Gasteiger charge is -2.35. The molecule has 126 valence electrons. The van der Waals surface area contributed by atoms with Crippen molar-refractivity contribution in [2.45, 2.75) is 78.8 Å². The van der Waals surface area contributed by atoms with Gasteiger partial charge in [0, 0.05) is 19.1 Å². The molecule has 0 aliphatic carbocycles. The van der Waals surface area contributed by atoms with Crippen molar-refractivity contribution < 1.29 is 9.90 Å². The third-order valence-electron chi connectivity index (χ3n) is 4.19. The maximum Gasteiger partial charge on any atom is 0.323 e. The SMILES string of the molecule is CCCNC(C)(CCN(CC(C)C)C(CC)CC)C(=O)O. The molecule has 0 fully saturated rings. The topological polar surface area (TPSA) is 52.6 Å². The van der Waals surface area contributed by atoms with E-state index in [2.05, 4.69) is 44.8 Å². The number of nitrogens with one attached hydrogen (secondary N) is 1. The molecule has 0 rings (SSSR count). The van der Waals surface area contributed by atoms with E-state index in [0.29, 0.717) is 18.4 Å². The minimum absolute atomic E-state index is 0.552. The first kappa shape index (κ1) is 20.4. The predicted octanol–water partition coefficient (Wildman–Crippen LogP) is 3.37. The van der Waals surface area contributed by atoms with Crippen LogP contribution in [0.3, 0.4) is 0 Å². The molecule has 0 aliphatic heterocycles. The van der Waals surface area contributed by atoms with Gasteiger partial charge in [-0.25, -0.2) is 0 Å². The highest BCUT2D eigenvalue weighted by Gasteiger charge is 2.33. The molecule has 0 aromatic heterocycles. The van der Waals surface area contributed by atoms with Crippen molar-refractivity contribution in [3.8, 4) is 0 Å². The summed E-state index contributed by atoms with van der Waals surface area (Å²) in [6.07, 6.45) is 3.83. The van der Waals surface area contributed by atoms with E-state index in [-0.39, 0.29) is 0 Å². The summed E-state index contributed by atoms with van der Waals surface area (Å²) in [4.78, 5) is 14.1. The minimum atomic E-state index is -0.822. The largest absolute Gasteiger partial charge is 0.480 e. The third kappa shape index (κ3) is 7.28. The van der Waals surface area contributed by atoms with Crippen LogP contribution in [0.15, 0.2) is 0 Å². The van der Waals surface area contributed by atoms with Gasteiger partial charge in [0.2, 0.25) is 0 Å². The van der Waals surface area contributed by atoms with Crippen LogP contribution in [0.4, 0.5) is 0 Å². The van der Waals surface area contributed by atoms with E-state index < -0.39 is 11.5 Å². The zero-order valence-electron chi connectivity index (χ0n) is 14.9. The summed E-state index contributed by atoms with van der Waals surface area (Å²) in [6.45, 7) is 15.4. The molecular weight excluding hydrogens is 264 g/mol. The Kier molecular flexibility index (Phi) is 9.88. The minimum Gasteiger partial charge on any atom is -0.480 e. The second-order valence-electron chi connectivity index (χ2n) is 6.67. The van der Waals surface area contributed by atoms with Crippen LogP contribution in [0.5, 0.6) is 0 Å². The number of rotatable bonds is 12. The fourth-order valence-corrected chi connectivity index (χ4v) is 2.74. The molecule has 0 bridgehead atoms. The molecule has 1 unspecified atom stereocenters. The molecule has 4 nitrogen and oxygen atoms in total. The highest BCUT2D eigenvalue weighted by Crippen LogP contribution is 2.17. The molecule has 0 amide bonds. The van der Waals surface area contributed by atoms with Crippen molar-refractivity contribution in [3.63, 3.8) is 0 Å². The molecule has 0 radical (unpaired) electrons. The summed E-state index contributed by atoms with van der Waals surface area (Å²) in [7, 11) is 0. The van der Waals surface area contributed by atoms with Crippen molar-refractivity contribution in [1.82, 2.24) is 10.2 Å². The average Bonchev–Trinajstić information content (AvgIpc) is 2.42. The van der Waals surface area contributed by atoms with E-state index in [1.807, 2.05) is 6.92 Å². The Balaban J connectivity index is 4.78. The van der Waals surface area contributed by atoms with Gasteiger partial charge < -0.3 is 15.3 Å². The zero-order chi connectivity index (χ0) is 16.5. The molecular formula is C17H36N2O2. The van der Waals surface area contributed by atoms with Crippen LogP contribution in [0, 0.1) is 5.92 Å². The first-order valence-electron chi connectivity index (χ1n) is 8.53. The summed E-state index contributed by atoms with van der Waals surface area (Å²) < 4.78 is 0. The number of hydrogen-bond donors (Lipinski definition) is 2. The standard InChI is InChI=1S/C17H36N2O2/c1-7-11-18-17(6,16(20)21)10-12-19(13-14(4)5)15(8-2)9-3/h14-15,18H,7-13H2,1-6H3,(H,20,21). The van der Waals surface area contributed by atoms with Gasteiger partial charge in [-0.1, -0.05) is 34.6 Å². The molecule has 0 saturated carbocycles. The summed E-state index contributed by atoms with van der Waals surface area (Å²) in [6, 6.07) is 0.552. The van der Waals surface area contributed by atoms with E-state index in [1.165, 1.54) is 0 Å². The summed E-state index contributed by atoms with van der Waals surface area (Å²) >= 11 is 0. The van der Waals surface area contributed by atoms with E-state index in [9.17, 15) is 9.90 Å². The summed E-state index contributed by atoms with van der Waals surface area (Å²) in [5.74, 6) is -0.143. The molecule has 0 saturated heterocycles. The lowest BCUT2D eigenvalue weighted by Crippen LogP contribution is -2.52. The lowest BCUT2D eigenvalue weighted by molar-refractivity contribution is -0.144. The molecule has 2 N–H and O–H groups in total. The molecule has 1 atom stereocenters. The van der Waals surface area contributed by atoms with Gasteiger partial charge in [-0.15, -0.1) is 0 Å². The number of hydrogen-bond acceptors (Lipinski definition) is 3. The van der Waals surface area contributed by atoms with Crippen LogP contribution in [0.25, 0.3) is 0 Å². The van der Waals surface area contributed by atoms with Crippen LogP contribution in [0.1, 0.15) is 67.2 Å². The molecule has 0 heterocycles. The van der Waals surface area contributed by atoms with Gasteiger partial charge in [-0.05, 0) is 45.1 Å². The zero-order valence-corrected chi connectivity index (χ0v) is 14.9. The highest BCUT2D eigenvalue weighted by molar-refractivity contribution is 5.78. The number of carboxylic acid groups (broad SMARTS) is 1. The quantitative estimate of drug-likeness (QED) is 0.580. The van der Waals surface area contributed by atoms with Crippen LogP contribution >= 0.6 is 0 Å². The van der Waals surface area contributed by atoms with Gasteiger partial charge in [0.15, 0.2) is 0 Å². The average molecular weight is 300 g/mol. The Morgan fingerprint density at radius 2 is 1.81 bits per heavy atom. The van der Waals surface area contributed by atoms with Crippen molar-refractivity contribution in [2.24, 2.45) is 5.92 Å². The number of carbonyl (C=O) groups is 1. The van der Waals surface area contributed by atoms with Crippen molar-refractivity contribution in [1.29, 1.82) is 0 Å². The van der Waals surface area contributed by atoms with Gasteiger partial charge in [0.1, 0.15) is 5.54 Å². The Bertz CT molecular complexity index is 291. The Morgan fingerprint density at radius 1 is 1.24 bits per heavy atom. The van der Waals surface area contributed by atoms with Gasteiger partial charge >= 0.3 is 5.97 Å². The summed E-state index contributed by atoms with van der Waals surface area (Å²) in [5.41, 5.74) is -0.822. The first-order valence-corrected chi connectivity index (χ1v) is 8.53. The maximum absolute atomic E-state index is 11.6. The molecule has 0 aliphatic rings. The lowest BCUT2D eigenvalue weighted by atomic mass is 9.96. The Labute approximate surface area is 131 Å². The molecule has 0 aromatic carbocycles. The molecule has 21 heavy (non-hydrogen) atoms. The van der Waals surface area contributed by atoms with Crippen molar-refractivity contribution in [2.75, 3.05) is 19.6 Å². The smallest absolute Gasteiger partial charge is 0.323 e. The normalized spacial score (nSPS) is 14.9. The van der Waals surface area contributed by atoms with E-state index in [1.54, 1.807) is 0 Å². The Hall–Kier alpha value is -0.610. The van der Waals surface area contributed by atoms with Crippen molar-refractivity contribution >= 4 is 5.97 Å². The monoisotopic (exact) mass is 300 g/mol. The Morgan fingerprint density at radius 3 is 2.19 bits per heavy atom. The van der Waals surface area contributed by atoms with Gasteiger partial charge in [-0.3, -0.25) is 4.79 Å². The fourth-order valence-electron chi connectivity index (χ4n) is 2.74.